The van der Waals surface area contributed by atoms with Crippen molar-refractivity contribution < 1.29 is 18.9 Å². The number of amides is 1. The van der Waals surface area contributed by atoms with E-state index in [1.165, 1.54) is 0 Å². The van der Waals surface area contributed by atoms with E-state index in [9.17, 15) is 13.2 Å². The van der Waals surface area contributed by atoms with Crippen LogP contribution in [0.2, 0.25) is 0 Å². The van der Waals surface area contributed by atoms with Gasteiger partial charge < -0.3 is 5.73 Å². The summed E-state index contributed by atoms with van der Waals surface area (Å²) in [5.41, 5.74) is 3.49. The van der Waals surface area contributed by atoms with Crippen LogP contribution in [0.15, 0.2) is 4.34 Å². The van der Waals surface area contributed by atoms with Crippen LogP contribution in [-0.4, -0.2) is 30.6 Å². The van der Waals surface area contributed by atoms with Gasteiger partial charge in [-0.2, -0.15) is 0 Å². The zero-order chi connectivity index (χ0) is 11.6. The molecule has 0 spiro atoms. The second kappa shape index (κ2) is 4.18. The monoisotopic (exact) mass is 252 g/mol. The van der Waals surface area contributed by atoms with E-state index in [1.54, 1.807) is 6.92 Å². The molecule has 1 aromatic heterocycles. The summed E-state index contributed by atoms with van der Waals surface area (Å²) in [5, 5.41) is 14.0. The predicted molar refractivity (Wildman–Crippen MR) is 52.3 cm³/mol. The number of quaternary nitrogens is 1. The van der Waals surface area contributed by atoms with Crippen LogP contribution >= 0.6 is 11.3 Å². The van der Waals surface area contributed by atoms with E-state index >= 15 is 0 Å². The van der Waals surface area contributed by atoms with Gasteiger partial charge in [0, 0.05) is 0 Å². The van der Waals surface area contributed by atoms with Gasteiger partial charge in [0.1, 0.15) is 0 Å². The predicted octanol–water partition coefficient (Wildman–Crippen LogP) is -2.25. The van der Waals surface area contributed by atoms with Crippen molar-refractivity contribution in [1.29, 1.82) is 0 Å². The summed E-state index contributed by atoms with van der Waals surface area (Å²) in [6.07, 6.45) is 0. The number of aromatic nitrogens is 2. The molecular formula is C5H10N5O3S2+. The fourth-order valence-corrected chi connectivity index (χ4v) is 1.94. The number of anilines is 1. The third-order valence-electron chi connectivity index (χ3n) is 1.33. The molecule has 0 radical (unpaired) electrons. The zero-order valence-electron chi connectivity index (χ0n) is 7.80. The van der Waals surface area contributed by atoms with Crippen molar-refractivity contribution in [1.82, 2.24) is 10.2 Å². The number of primary sulfonamides is 1. The number of carbonyl (C=O) groups excluding carboxylic acids is 1. The average molecular weight is 252 g/mol. The molecule has 1 aromatic rings. The van der Waals surface area contributed by atoms with E-state index in [0.717, 1.165) is 0 Å². The van der Waals surface area contributed by atoms with E-state index < -0.39 is 16.1 Å². The van der Waals surface area contributed by atoms with Gasteiger partial charge in [0.25, 0.3) is 15.9 Å². The first kappa shape index (κ1) is 12.0. The van der Waals surface area contributed by atoms with E-state index in [-0.39, 0.29) is 15.4 Å². The SMILES string of the molecule is CC([NH3+])C(=O)Nc1nnc(S(N)(=O)=O)s1. The number of nitrogens with one attached hydrogen (secondary N) is 1. The largest absolute Gasteiger partial charge is 0.348 e. The Balaban J connectivity index is 2.83. The lowest BCUT2D eigenvalue weighted by Crippen LogP contribution is -2.64. The molecule has 1 amide bonds. The Morgan fingerprint density at radius 1 is 1.60 bits per heavy atom. The minimum atomic E-state index is -3.86. The van der Waals surface area contributed by atoms with Crippen molar-refractivity contribution in [3.63, 3.8) is 0 Å². The Labute approximate surface area is 89.7 Å². The van der Waals surface area contributed by atoms with Crippen molar-refractivity contribution in [3.05, 3.63) is 0 Å². The second-order valence-corrected chi connectivity index (χ2v) is 5.52. The highest BCUT2D eigenvalue weighted by Crippen LogP contribution is 2.18. The van der Waals surface area contributed by atoms with Gasteiger partial charge in [-0.15, -0.1) is 10.2 Å². The highest BCUT2D eigenvalue weighted by atomic mass is 32.2. The van der Waals surface area contributed by atoms with Crippen molar-refractivity contribution in [2.24, 2.45) is 5.14 Å². The van der Waals surface area contributed by atoms with E-state index in [2.05, 4.69) is 21.2 Å². The summed E-state index contributed by atoms with van der Waals surface area (Å²) >= 11 is 0.691. The lowest BCUT2D eigenvalue weighted by molar-refractivity contribution is -0.396. The molecule has 1 heterocycles. The molecule has 0 saturated heterocycles. The topological polar surface area (TPSA) is 143 Å². The molecule has 1 atom stereocenters. The number of hydrogen-bond donors (Lipinski definition) is 3. The van der Waals surface area contributed by atoms with Gasteiger partial charge in [-0.25, -0.2) is 13.6 Å². The van der Waals surface area contributed by atoms with Gasteiger partial charge in [0.15, 0.2) is 6.04 Å². The highest BCUT2D eigenvalue weighted by Gasteiger charge is 2.18. The van der Waals surface area contributed by atoms with Gasteiger partial charge in [-0.3, -0.25) is 10.1 Å². The van der Waals surface area contributed by atoms with Crippen LogP contribution in [0.1, 0.15) is 6.92 Å². The molecule has 10 heteroatoms. The normalized spacial score (nSPS) is 13.5. The Morgan fingerprint density at radius 3 is 2.60 bits per heavy atom. The lowest BCUT2D eigenvalue weighted by Gasteiger charge is -1.99. The average Bonchev–Trinajstić information content (AvgIpc) is 2.51. The molecule has 15 heavy (non-hydrogen) atoms. The molecule has 1 rings (SSSR count). The molecule has 0 saturated carbocycles. The van der Waals surface area contributed by atoms with Gasteiger partial charge >= 0.3 is 0 Å². The first-order chi connectivity index (χ1) is 6.80. The molecule has 84 valence electrons. The van der Waals surface area contributed by atoms with Crippen LogP contribution in [0, 0.1) is 0 Å². The summed E-state index contributed by atoms with van der Waals surface area (Å²) in [4.78, 5) is 11.2. The molecule has 1 unspecified atom stereocenters. The van der Waals surface area contributed by atoms with Crippen LogP contribution in [0.4, 0.5) is 5.13 Å². The van der Waals surface area contributed by atoms with Crippen LogP contribution < -0.4 is 16.2 Å². The first-order valence-electron chi connectivity index (χ1n) is 3.81. The summed E-state index contributed by atoms with van der Waals surface area (Å²) in [6.45, 7) is 1.59. The number of rotatable bonds is 3. The summed E-state index contributed by atoms with van der Waals surface area (Å²) < 4.78 is 21.3. The van der Waals surface area contributed by atoms with Crippen molar-refractivity contribution in [2.45, 2.75) is 17.3 Å². The Kier molecular flexibility index (Phi) is 3.34. The number of carbonyl (C=O) groups is 1. The number of nitrogens with two attached hydrogens (primary N) is 1. The molecule has 6 N–H and O–H groups in total. The number of hydrogen-bond acceptors (Lipinski definition) is 6. The fraction of sp³-hybridized carbons (Fsp3) is 0.400. The van der Waals surface area contributed by atoms with E-state index in [0.29, 0.717) is 11.3 Å². The van der Waals surface area contributed by atoms with E-state index in [4.69, 9.17) is 5.14 Å². The third-order valence-corrected chi connectivity index (χ3v) is 3.48. The summed E-state index contributed by atoms with van der Waals surface area (Å²) in [5.74, 6) is -0.368. The van der Waals surface area contributed by atoms with Crippen molar-refractivity contribution in [3.8, 4) is 0 Å². The van der Waals surface area contributed by atoms with Gasteiger partial charge in [-0.1, -0.05) is 11.3 Å². The van der Waals surface area contributed by atoms with Gasteiger partial charge in [-0.05, 0) is 6.92 Å². The van der Waals surface area contributed by atoms with Crippen molar-refractivity contribution >= 4 is 32.4 Å². The fourth-order valence-electron chi connectivity index (χ4n) is 0.604. The molecule has 0 bridgehead atoms. The van der Waals surface area contributed by atoms with Crippen molar-refractivity contribution in [2.75, 3.05) is 5.32 Å². The van der Waals surface area contributed by atoms with Crippen LogP contribution in [0.3, 0.4) is 0 Å². The smallest absolute Gasteiger partial charge is 0.284 e. The Hall–Kier alpha value is -1.10. The maximum atomic E-state index is 11.2. The number of sulfonamides is 1. The Bertz CT molecular complexity index is 465. The molecule has 0 aliphatic rings. The zero-order valence-corrected chi connectivity index (χ0v) is 9.43. The maximum absolute atomic E-state index is 11.2. The highest BCUT2D eigenvalue weighted by molar-refractivity contribution is 7.91. The molecule has 0 aromatic carbocycles. The molecule has 8 nitrogen and oxygen atoms in total. The molecular weight excluding hydrogens is 242 g/mol. The molecule has 0 fully saturated rings. The summed E-state index contributed by atoms with van der Waals surface area (Å²) in [6, 6.07) is -0.466. The quantitative estimate of drug-likeness (QED) is 0.521. The Morgan fingerprint density at radius 2 is 2.20 bits per heavy atom. The van der Waals surface area contributed by atoms with Crippen LogP contribution in [0.5, 0.6) is 0 Å². The molecule has 0 aliphatic carbocycles. The molecule has 0 aliphatic heterocycles. The lowest BCUT2D eigenvalue weighted by atomic mass is 10.3. The van der Waals surface area contributed by atoms with Crippen LogP contribution in [0.25, 0.3) is 0 Å². The standard InChI is InChI=1S/C5H9N5O3S2/c1-2(6)3(11)8-4-9-10-5(14-4)15(7,12)13/h2H,6H2,1H3,(H2,7,12,13)(H,8,9,11)/p+1. The third kappa shape index (κ3) is 3.20. The van der Waals surface area contributed by atoms with E-state index in [1.807, 2.05) is 0 Å². The minimum absolute atomic E-state index is 0.0829. The minimum Gasteiger partial charge on any atom is -0.348 e. The number of nitrogens with zero attached hydrogens (tertiary/aromatic N) is 2. The summed E-state index contributed by atoms with van der Waals surface area (Å²) in [7, 11) is -3.86. The second-order valence-electron chi connectivity index (χ2n) is 2.81. The van der Waals surface area contributed by atoms with Crippen LogP contribution in [-0.2, 0) is 14.8 Å². The van der Waals surface area contributed by atoms with Gasteiger partial charge in [0.05, 0.1) is 0 Å². The first-order valence-corrected chi connectivity index (χ1v) is 6.17. The van der Waals surface area contributed by atoms with Gasteiger partial charge in [0.2, 0.25) is 9.47 Å². The maximum Gasteiger partial charge on any atom is 0.284 e.